The molecule has 0 aromatic heterocycles. The average Bonchev–Trinajstić information content (AvgIpc) is 3.21. The largest absolute Gasteiger partial charge is 0.496 e. The van der Waals surface area contributed by atoms with Crippen molar-refractivity contribution in [3.63, 3.8) is 0 Å². The molecule has 0 unspecified atom stereocenters. The molecule has 0 saturated carbocycles. The SMILES string of the molecule is COc1cc([C@@H]2O[C@H](CO[Si](C)(C)C(C)(C)C)[C@H](OC(=O)c3ccccc3)[C@H](OC(=O)c3ccccc3)[C@H]2OC(=O)c2ccccc2)c(OC)c2ccccc12. The van der Waals surface area contributed by atoms with Crippen LogP contribution in [0.5, 0.6) is 11.5 Å². The first kappa shape index (κ1) is 40.2. The molecule has 0 bridgehead atoms. The number of fused-ring (bicyclic) bond motifs is 1. The smallest absolute Gasteiger partial charge is 0.338 e. The standard InChI is InChI=1S/C45H48O10Si/c1-45(2,3)56(6,7)51-28-36-39(53-42(46)29-19-11-8-12-20-29)41(55-44(48)31-23-15-10-16-24-31)40(54-43(47)30-21-13-9-14-22-30)38(52-36)34-27-35(49-4)32-25-17-18-26-33(32)37(34)50-5/h8-27,36,38-41H,28H2,1-7H3/t36-,38+,39+,40+,41+/m1/s1. The number of hydrogen-bond donors (Lipinski definition) is 0. The lowest BCUT2D eigenvalue weighted by atomic mass is 9.88. The number of carbonyl (C=O) groups is 3. The van der Waals surface area contributed by atoms with E-state index in [0.29, 0.717) is 22.4 Å². The van der Waals surface area contributed by atoms with Gasteiger partial charge in [0.2, 0.25) is 0 Å². The van der Waals surface area contributed by atoms with Crippen LogP contribution in [0, 0.1) is 0 Å². The minimum absolute atomic E-state index is 0.0362. The highest BCUT2D eigenvalue weighted by molar-refractivity contribution is 6.74. The van der Waals surface area contributed by atoms with Crippen LogP contribution in [0.3, 0.4) is 0 Å². The van der Waals surface area contributed by atoms with Crippen molar-refractivity contribution in [2.24, 2.45) is 0 Å². The zero-order valence-electron chi connectivity index (χ0n) is 32.7. The summed E-state index contributed by atoms with van der Waals surface area (Å²) in [4.78, 5) is 42.1. The summed E-state index contributed by atoms with van der Waals surface area (Å²) in [5.74, 6) is -1.17. The third-order valence-electron chi connectivity index (χ3n) is 10.5. The van der Waals surface area contributed by atoms with Crippen LogP contribution in [0.2, 0.25) is 18.1 Å². The number of methoxy groups -OCH3 is 2. The van der Waals surface area contributed by atoms with E-state index in [-0.39, 0.29) is 28.3 Å². The summed E-state index contributed by atoms with van der Waals surface area (Å²) in [6.07, 6.45) is -6.27. The van der Waals surface area contributed by atoms with Crippen molar-refractivity contribution in [1.82, 2.24) is 0 Å². The summed E-state index contributed by atoms with van der Waals surface area (Å²) >= 11 is 0. The third kappa shape index (κ3) is 8.65. The molecule has 10 nitrogen and oxygen atoms in total. The lowest BCUT2D eigenvalue weighted by molar-refractivity contribution is -0.230. The zero-order chi connectivity index (χ0) is 40.0. The maximum absolute atomic E-state index is 14.1. The molecule has 1 saturated heterocycles. The molecule has 0 spiro atoms. The third-order valence-corrected chi connectivity index (χ3v) is 15.0. The second-order valence-electron chi connectivity index (χ2n) is 15.1. The first-order valence-corrected chi connectivity index (χ1v) is 21.4. The van der Waals surface area contributed by atoms with Crippen LogP contribution in [-0.4, -0.2) is 71.5 Å². The Bertz CT molecular complexity index is 2130. The number of ether oxygens (including phenoxy) is 6. The van der Waals surface area contributed by atoms with Crippen molar-refractivity contribution < 1.29 is 47.2 Å². The quantitative estimate of drug-likeness (QED) is 0.0691. The molecule has 5 atom stereocenters. The van der Waals surface area contributed by atoms with Gasteiger partial charge in [0.1, 0.15) is 23.7 Å². The Hall–Kier alpha value is -5.49. The lowest BCUT2D eigenvalue weighted by Crippen LogP contribution is -2.60. The van der Waals surface area contributed by atoms with Crippen LogP contribution in [0.15, 0.2) is 121 Å². The molecule has 6 rings (SSSR count). The Morgan fingerprint density at radius 3 is 1.52 bits per heavy atom. The van der Waals surface area contributed by atoms with E-state index in [4.69, 9.17) is 32.8 Å². The van der Waals surface area contributed by atoms with E-state index in [0.717, 1.165) is 5.39 Å². The van der Waals surface area contributed by atoms with Gasteiger partial charge in [-0.25, -0.2) is 14.4 Å². The Morgan fingerprint density at radius 2 is 1.05 bits per heavy atom. The molecule has 0 N–H and O–H groups in total. The first-order valence-electron chi connectivity index (χ1n) is 18.5. The van der Waals surface area contributed by atoms with Gasteiger partial charge in [-0.15, -0.1) is 0 Å². The second-order valence-corrected chi connectivity index (χ2v) is 19.9. The molecule has 292 valence electrons. The van der Waals surface area contributed by atoms with E-state index in [1.54, 1.807) is 111 Å². The van der Waals surface area contributed by atoms with E-state index >= 15 is 0 Å². The van der Waals surface area contributed by atoms with Crippen LogP contribution in [-0.2, 0) is 23.4 Å². The lowest BCUT2D eigenvalue weighted by Gasteiger charge is -2.46. The van der Waals surface area contributed by atoms with E-state index in [1.807, 2.05) is 24.3 Å². The normalized spacial score (nSPS) is 19.8. The van der Waals surface area contributed by atoms with Gasteiger partial charge in [0.05, 0.1) is 37.5 Å². The van der Waals surface area contributed by atoms with Crippen molar-refractivity contribution in [2.75, 3.05) is 20.8 Å². The molecule has 1 fully saturated rings. The highest BCUT2D eigenvalue weighted by atomic mass is 28.4. The molecule has 1 heterocycles. The second kappa shape index (κ2) is 17.1. The molecule has 11 heteroatoms. The van der Waals surface area contributed by atoms with Gasteiger partial charge in [0.25, 0.3) is 0 Å². The first-order chi connectivity index (χ1) is 26.8. The Labute approximate surface area is 328 Å². The highest BCUT2D eigenvalue weighted by Crippen LogP contribution is 2.47. The predicted molar refractivity (Wildman–Crippen MR) is 215 cm³/mol. The average molecular weight is 777 g/mol. The van der Waals surface area contributed by atoms with Gasteiger partial charge in [-0.1, -0.05) is 99.6 Å². The molecule has 5 aromatic rings. The van der Waals surface area contributed by atoms with Crippen LogP contribution >= 0.6 is 0 Å². The summed E-state index contributed by atoms with van der Waals surface area (Å²) in [6, 6.07) is 34.7. The van der Waals surface area contributed by atoms with E-state index in [9.17, 15) is 14.4 Å². The van der Waals surface area contributed by atoms with Crippen molar-refractivity contribution in [2.45, 2.75) is 69.4 Å². The van der Waals surface area contributed by atoms with Crippen LogP contribution < -0.4 is 9.47 Å². The number of esters is 3. The van der Waals surface area contributed by atoms with E-state index < -0.39 is 56.7 Å². The van der Waals surface area contributed by atoms with Gasteiger partial charge in [-0.2, -0.15) is 0 Å². The van der Waals surface area contributed by atoms with Crippen molar-refractivity contribution in [3.8, 4) is 11.5 Å². The maximum atomic E-state index is 14.1. The molecule has 0 radical (unpaired) electrons. The molecule has 1 aliphatic rings. The highest BCUT2D eigenvalue weighted by Gasteiger charge is 2.54. The van der Waals surface area contributed by atoms with Gasteiger partial charge in [-0.3, -0.25) is 0 Å². The fourth-order valence-corrected chi connectivity index (χ4v) is 7.47. The van der Waals surface area contributed by atoms with Crippen LogP contribution in [0.4, 0.5) is 0 Å². The molecule has 5 aromatic carbocycles. The molecule has 0 aliphatic carbocycles. The minimum Gasteiger partial charge on any atom is -0.496 e. The summed E-state index contributed by atoms with van der Waals surface area (Å²) in [7, 11) is 0.659. The van der Waals surface area contributed by atoms with Gasteiger partial charge in [0, 0.05) is 16.3 Å². The van der Waals surface area contributed by atoms with Gasteiger partial charge < -0.3 is 32.8 Å². The van der Waals surface area contributed by atoms with E-state index in [2.05, 4.69) is 33.9 Å². The monoisotopic (exact) mass is 776 g/mol. The Morgan fingerprint density at radius 1 is 0.607 bits per heavy atom. The molecular weight excluding hydrogens is 729 g/mol. The summed E-state index contributed by atoms with van der Waals surface area (Å²) in [5, 5.41) is 1.31. The van der Waals surface area contributed by atoms with Crippen molar-refractivity contribution in [3.05, 3.63) is 144 Å². The zero-order valence-corrected chi connectivity index (χ0v) is 33.7. The fourth-order valence-electron chi connectivity index (χ4n) is 6.45. The minimum atomic E-state index is -2.44. The molecule has 0 amide bonds. The number of benzene rings is 5. The van der Waals surface area contributed by atoms with Gasteiger partial charge in [0.15, 0.2) is 26.6 Å². The van der Waals surface area contributed by atoms with Gasteiger partial charge >= 0.3 is 17.9 Å². The Kier molecular flexibility index (Phi) is 12.3. The summed E-state index contributed by atoms with van der Waals surface area (Å²) in [5.41, 5.74) is 1.23. The van der Waals surface area contributed by atoms with Gasteiger partial charge in [-0.05, 0) is 60.6 Å². The fraction of sp³-hybridized carbons (Fsp3) is 0.311. The molecule has 1 aliphatic heterocycles. The summed E-state index contributed by atoms with van der Waals surface area (Å²) < 4.78 is 44.8. The number of rotatable bonds is 12. The topological polar surface area (TPSA) is 116 Å². The number of hydrogen-bond acceptors (Lipinski definition) is 10. The van der Waals surface area contributed by atoms with E-state index in [1.165, 1.54) is 0 Å². The number of carbonyl (C=O) groups excluding carboxylic acids is 3. The van der Waals surface area contributed by atoms with Crippen molar-refractivity contribution >= 4 is 37.0 Å². The predicted octanol–water partition coefficient (Wildman–Crippen LogP) is 9.00. The summed E-state index contributed by atoms with van der Waals surface area (Å²) in [6.45, 7) is 10.5. The maximum Gasteiger partial charge on any atom is 0.338 e. The molecule has 56 heavy (non-hydrogen) atoms. The van der Waals surface area contributed by atoms with Crippen molar-refractivity contribution in [1.29, 1.82) is 0 Å². The van der Waals surface area contributed by atoms with Crippen LogP contribution in [0.1, 0.15) is 63.5 Å². The molecular formula is C45H48O10Si. The Balaban J connectivity index is 1.56. The van der Waals surface area contributed by atoms with Crippen LogP contribution in [0.25, 0.3) is 10.8 Å².